The predicted molar refractivity (Wildman–Crippen MR) is 137 cm³/mol. The standard InChI is InChI=1S/C32H26I2O2/c1-23-3-7-25(8-4-23)33-27-11-15-29(16-12-27)35-31-19-21-32(22-20-31)36-30-17-13-28(14-18-30)34-26-9-5-24(2)6-10-26/h3-22H,1-2H3/q-2. The molecule has 5 rings (SSSR count). The maximum absolute atomic E-state index is 6.04. The molecule has 0 bridgehead atoms. The molecule has 0 amide bonds. The summed E-state index contributed by atoms with van der Waals surface area (Å²) in [6, 6.07) is 42.3. The van der Waals surface area contributed by atoms with E-state index < -0.39 is 0 Å². The van der Waals surface area contributed by atoms with Gasteiger partial charge in [0.2, 0.25) is 0 Å². The second kappa shape index (κ2) is 11.9. The Bertz CT molecular complexity index is 1280. The summed E-state index contributed by atoms with van der Waals surface area (Å²) in [5, 5.41) is 0. The molecule has 36 heavy (non-hydrogen) atoms. The zero-order valence-electron chi connectivity index (χ0n) is 20.1. The van der Waals surface area contributed by atoms with Crippen LogP contribution in [0.5, 0.6) is 23.0 Å². The predicted octanol–water partition coefficient (Wildman–Crippen LogP) is 2.14. The molecular formula is C32H26I2O2-2. The molecule has 5 aromatic carbocycles. The molecule has 0 spiro atoms. The van der Waals surface area contributed by atoms with Gasteiger partial charge in [-0.15, -0.1) is 0 Å². The minimum atomic E-state index is -0.174. The van der Waals surface area contributed by atoms with Crippen LogP contribution in [0.25, 0.3) is 0 Å². The number of ether oxygens (including phenoxy) is 2. The molecular weight excluding hydrogens is 670 g/mol. The minimum absolute atomic E-state index is 0.174. The number of benzene rings is 5. The number of hydrogen-bond acceptors (Lipinski definition) is 2. The third-order valence-electron chi connectivity index (χ3n) is 5.38. The fourth-order valence-electron chi connectivity index (χ4n) is 3.42. The first-order valence-electron chi connectivity index (χ1n) is 11.7. The van der Waals surface area contributed by atoms with E-state index in [0.717, 1.165) is 23.0 Å². The van der Waals surface area contributed by atoms with Crippen molar-refractivity contribution in [1.29, 1.82) is 0 Å². The second-order valence-corrected chi connectivity index (χ2v) is 14.4. The molecule has 182 valence electrons. The Balaban J connectivity index is 1.14. The summed E-state index contributed by atoms with van der Waals surface area (Å²) < 4.78 is 17.7. The Morgan fingerprint density at radius 3 is 0.833 bits per heavy atom. The van der Waals surface area contributed by atoms with Crippen molar-refractivity contribution in [2.24, 2.45) is 0 Å². The molecule has 0 N–H and O–H groups in total. The van der Waals surface area contributed by atoms with E-state index >= 15 is 0 Å². The van der Waals surface area contributed by atoms with Crippen LogP contribution in [-0.2, 0) is 0 Å². The molecule has 2 nitrogen and oxygen atoms in total. The summed E-state index contributed by atoms with van der Waals surface area (Å²) in [7, 11) is 0. The second-order valence-electron chi connectivity index (χ2n) is 8.36. The quantitative estimate of drug-likeness (QED) is 0.232. The molecule has 0 aliphatic rings. The summed E-state index contributed by atoms with van der Waals surface area (Å²) in [4.78, 5) is 0. The number of rotatable bonds is 8. The summed E-state index contributed by atoms with van der Waals surface area (Å²) >= 11 is -0.348. The monoisotopic (exact) mass is 696 g/mol. The van der Waals surface area contributed by atoms with Crippen LogP contribution in [0, 0.1) is 28.1 Å². The van der Waals surface area contributed by atoms with Crippen molar-refractivity contribution in [3.8, 4) is 23.0 Å². The van der Waals surface area contributed by atoms with Gasteiger partial charge in [0.05, 0.1) is 0 Å². The van der Waals surface area contributed by atoms with Crippen molar-refractivity contribution in [3.05, 3.63) is 147 Å². The summed E-state index contributed by atoms with van der Waals surface area (Å²) in [6.07, 6.45) is 0. The van der Waals surface area contributed by atoms with Gasteiger partial charge in [-0.1, -0.05) is 0 Å². The summed E-state index contributed by atoms with van der Waals surface area (Å²) in [5.74, 6) is 3.27. The first-order chi connectivity index (χ1) is 17.6. The van der Waals surface area contributed by atoms with Crippen LogP contribution in [0.1, 0.15) is 11.1 Å². The molecule has 4 heteroatoms. The molecule has 0 atom stereocenters. The molecule has 0 unspecified atom stereocenters. The van der Waals surface area contributed by atoms with Gasteiger partial charge >= 0.3 is 235 Å². The number of hydrogen-bond donors (Lipinski definition) is 0. The van der Waals surface area contributed by atoms with E-state index in [9.17, 15) is 0 Å². The van der Waals surface area contributed by atoms with E-state index in [4.69, 9.17) is 9.47 Å². The van der Waals surface area contributed by atoms with Crippen molar-refractivity contribution in [2.75, 3.05) is 0 Å². The van der Waals surface area contributed by atoms with Crippen molar-refractivity contribution in [3.63, 3.8) is 0 Å². The van der Waals surface area contributed by atoms with Crippen molar-refractivity contribution in [1.82, 2.24) is 0 Å². The Morgan fingerprint density at radius 1 is 0.333 bits per heavy atom. The van der Waals surface area contributed by atoms with Crippen LogP contribution in [0.3, 0.4) is 0 Å². The summed E-state index contributed by atoms with van der Waals surface area (Å²) in [5.41, 5.74) is 2.60. The van der Waals surface area contributed by atoms with Crippen molar-refractivity contribution in [2.45, 2.75) is 13.8 Å². The van der Waals surface area contributed by atoms with Gasteiger partial charge in [0.15, 0.2) is 0 Å². The van der Waals surface area contributed by atoms with Crippen LogP contribution in [0.15, 0.2) is 121 Å². The van der Waals surface area contributed by atoms with Gasteiger partial charge in [-0.25, -0.2) is 0 Å². The van der Waals surface area contributed by atoms with Crippen molar-refractivity contribution < 1.29 is 51.9 Å². The first kappa shape index (κ1) is 24.8. The van der Waals surface area contributed by atoms with Gasteiger partial charge in [-0.05, 0) is 0 Å². The number of halogens is 2. The third-order valence-corrected chi connectivity index (χ3v) is 10.7. The molecule has 0 saturated heterocycles. The van der Waals surface area contributed by atoms with Gasteiger partial charge < -0.3 is 0 Å². The topological polar surface area (TPSA) is 18.5 Å². The van der Waals surface area contributed by atoms with Crippen LogP contribution in [0.4, 0.5) is 0 Å². The van der Waals surface area contributed by atoms with E-state index in [-0.39, 0.29) is 42.4 Å². The summed E-state index contributed by atoms with van der Waals surface area (Å²) in [6.45, 7) is 4.25. The molecule has 0 radical (unpaired) electrons. The number of aryl methyl sites for hydroxylation is 2. The average molecular weight is 696 g/mol. The van der Waals surface area contributed by atoms with Crippen LogP contribution in [0.2, 0.25) is 0 Å². The molecule has 0 fully saturated rings. The fourth-order valence-corrected chi connectivity index (χ4v) is 7.74. The van der Waals surface area contributed by atoms with Gasteiger partial charge in [0, 0.05) is 0 Å². The van der Waals surface area contributed by atoms with Crippen LogP contribution < -0.4 is 51.9 Å². The van der Waals surface area contributed by atoms with Gasteiger partial charge in [-0.2, -0.15) is 0 Å². The van der Waals surface area contributed by atoms with Crippen LogP contribution >= 0.6 is 0 Å². The van der Waals surface area contributed by atoms with Gasteiger partial charge in [0.25, 0.3) is 0 Å². The first-order valence-corrected chi connectivity index (χ1v) is 16.0. The van der Waals surface area contributed by atoms with Crippen molar-refractivity contribution >= 4 is 0 Å². The molecule has 0 heterocycles. The van der Waals surface area contributed by atoms with E-state index in [1.165, 1.54) is 25.4 Å². The normalized spacial score (nSPS) is 10.9. The Hall–Kier alpha value is -2.84. The van der Waals surface area contributed by atoms with E-state index in [1.54, 1.807) is 0 Å². The molecule has 0 saturated carbocycles. The van der Waals surface area contributed by atoms with Crippen LogP contribution in [-0.4, -0.2) is 0 Å². The van der Waals surface area contributed by atoms with E-state index in [2.05, 4.69) is 111 Å². The SMILES string of the molecule is Cc1ccc([I-]c2ccc(Oc3ccc(Oc4ccc([I-]c5ccc(C)cc5)cc4)cc3)cc2)cc1. The Morgan fingerprint density at radius 2 is 0.556 bits per heavy atom. The third kappa shape index (κ3) is 7.11. The maximum atomic E-state index is 6.04. The molecule has 0 aromatic heterocycles. The van der Waals surface area contributed by atoms with Gasteiger partial charge in [-0.3, -0.25) is 0 Å². The van der Waals surface area contributed by atoms with E-state index in [0.29, 0.717) is 0 Å². The molecule has 0 aliphatic carbocycles. The van der Waals surface area contributed by atoms with E-state index in [1.807, 2.05) is 24.3 Å². The zero-order valence-corrected chi connectivity index (χ0v) is 24.4. The zero-order chi connectivity index (χ0) is 24.7. The average Bonchev–Trinajstić information content (AvgIpc) is 2.90. The molecule has 0 aliphatic heterocycles. The fraction of sp³-hybridized carbons (Fsp3) is 0.0625. The Kier molecular flexibility index (Phi) is 8.23. The van der Waals surface area contributed by atoms with Gasteiger partial charge in [0.1, 0.15) is 0 Å². The molecule has 5 aromatic rings. The Labute approximate surface area is 233 Å².